The van der Waals surface area contributed by atoms with E-state index in [1.807, 2.05) is 6.07 Å². The molecule has 1 heterocycles. The maximum absolute atomic E-state index is 12.3. The molecule has 0 aliphatic carbocycles. The fourth-order valence-electron chi connectivity index (χ4n) is 2.60. The Kier molecular flexibility index (Phi) is 7.82. The van der Waals surface area contributed by atoms with Crippen LogP contribution in [-0.2, 0) is 11.3 Å². The van der Waals surface area contributed by atoms with Crippen LogP contribution in [0.15, 0.2) is 42.5 Å². The van der Waals surface area contributed by atoms with Crippen molar-refractivity contribution in [3.05, 3.63) is 53.1 Å². The van der Waals surface area contributed by atoms with Gasteiger partial charge in [0.25, 0.3) is 0 Å². The topological polar surface area (TPSA) is 92.8 Å². The van der Waals surface area contributed by atoms with E-state index in [0.717, 1.165) is 23.0 Å². The van der Waals surface area contributed by atoms with Gasteiger partial charge in [-0.15, -0.1) is 13.2 Å². The summed E-state index contributed by atoms with van der Waals surface area (Å²) in [5.41, 5.74) is 1.16. The number of nitrogens with zero attached hydrogens (tertiary/aromatic N) is 2. The molecule has 0 saturated heterocycles. The first-order valence-corrected chi connectivity index (χ1v) is 10.6. The number of anilines is 1. The molecule has 33 heavy (non-hydrogen) atoms. The van der Waals surface area contributed by atoms with Crippen LogP contribution >= 0.6 is 22.9 Å². The number of likely N-dealkylation sites (N-methyl/N-ethyl adjacent to an activating group) is 1. The number of amides is 3. The largest absolute Gasteiger partial charge is 0.573 e. The molecule has 0 atom stereocenters. The van der Waals surface area contributed by atoms with E-state index in [-0.39, 0.29) is 36.6 Å². The Labute approximate surface area is 195 Å². The zero-order valence-corrected chi connectivity index (χ0v) is 18.7. The highest BCUT2D eigenvalue weighted by atomic mass is 35.5. The summed E-state index contributed by atoms with van der Waals surface area (Å²) in [6.45, 7) is 0.285. The van der Waals surface area contributed by atoms with Gasteiger partial charge in [0.2, 0.25) is 0 Å². The molecule has 3 amide bonds. The third kappa shape index (κ3) is 7.39. The number of fused-ring (bicyclic) bond motifs is 1. The summed E-state index contributed by atoms with van der Waals surface area (Å²) >= 11 is 7.01. The average Bonchev–Trinajstić information content (AvgIpc) is 3.13. The number of rotatable bonds is 7. The van der Waals surface area contributed by atoms with Crippen LogP contribution in [0.1, 0.15) is 5.56 Å². The van der Waals surface area contributed by atoms with Crippen molar-refractivity contribution in [2.75, 3.05) is 25.5 Å². The highest BCUT2D eigenvalue weighted by Crippen LogP contribution is 2.31. The minimum Gasteiger partial charge on any atom is -0.447 e. The second-order valence-electron chi connectivity index (χ2n) is 6.63. The van der Waals surface area contributed by atoms with Gasteiger partial charge in [-0.1, -0.05) is 41.1 Å². The van der Waals surface area contributed by atoms with Crippen molar-refractivity contribution >= 4 is 50.4 Å². The van der Waals surface area contributed by atoms with Crippen LogP contribution in [0.5, 0.6) is 5.75 Å². The summed E-state index contributed by atoms with van der Waals surface area (Å²) in [6, 6.07) is 10.4. The molecule has 0 spiro atoms. The maximum atomic E-state index is 12.3. The van der Waals surface area contributed by atoms with Crippen LogP contribution in [0, 0.1) is 0 Å². The Balaban J connectivity index is 1.43. The molecule has 0 bridgehead atoms. The molecule has 3 aromatic rings. The predicted octanol–water partition coefficient (Wildman–Crippen LogP) is 5.24. The highest BCUT2D eigenvalue weighted by Gasteiger charge is 2.31. The number of hydrogen-bond acceptors (Lipinski definition) is 6. The SMILES string of the molecule is CN(CCOC(=O)Nc1nc2ccc(OC(F)(F)F)cc2s1)C(=O)NCc1ccccc1Cl. The van der Waals surface area contributed by atoms with Gasteiger partial charge in [-0.2, -0.15) is 0 Å². The number of benzene rings is 2. The molecule has 0 unspecified atom stereocenters. The van der Waals surface area contributed by atoms with Crippen molar-refractivity contribution in [1.82, 2.24) is 15.2 Å². The second-order valence-corrected chi connectivity index (χ2v) is 8.07. The van der Waals surface area contributed by atoms with Crippen LogP contribution in [0.4, 0.5) is 27.9 Å². The van der Waals surface area contributed by atoms with Gasteiger partial charge >= 0.3 is 18.5 Å². The fourth-order valence-corrected chi connectivity index (χ4v) is 3.69. The van der Waals surface area contributed by atoms with Crippen LogP contribution in [0.25, 0.3) is 10.2 Å². The van der Waals surface area contributed by atoms with E-state index >= 15 is 0 Å². The van der Waals surface area contributed by atoms with Gasteiger partial charge in [-0.05, 0) is 23.8 Å². The Hall–Kier alpha value is -3.25. The zero-order chi connectivity index (χ0) is 24.0. The van der Waals surface area contributed by atoms with Crippen LogP contribution in [-0.4, -0.2) is 48.6 Å². The Morgan fingerprint density at radius 3 is 2.70 bits per heavy atom. The lowest BCUT2D eigenvalue weighted by molar-refractivity contribution is -0.274. The number of urea groups is 1. The van der Waals surface area contributed by atoms with Gasteiger partial charge in [-0.25, -0.2) is 14.6 Å². The lowest BCUT2D eigenvalue weighted by Gasteiger charge is -2.18. The molecular formula is C20H18ClF3N4O4S. The van der Waals surface area contributed by atoms with E-state index < -0.39 is 12.5 Å². The molecule has 3 rings (SSSR count). The molecule has 1 aromatic heterocycles. The molecule has 176 valence electrons. The van der Waals surface area contributed by atoms with Crippen molar-refractivity contribution < 1.29 is 32.2 Å². The van der Waals surface area contributed by atoms with Crippen LogP contribution in [0.3, 0.4) is 0 Å². The van der Waals surface area contributed by atoms with Crippen molar-refractivity contribution in [2.24, 2.45) is 0 Å². The molecule has 0 saturated carbocycles. The van der Waals surface area contributed by atoms with Crippen LogP contribution in [0.2, 0.25) is 5.02 Å². The number of thiazole rings is 1. The summed E-state index contributed by atoms with van der Waals surface area (Å²) in [6.07, 6.45) is -5.62. The maximum Gasteiger partial charge on any atom is 0.573 e. The standard InChI is InChI=1S/C20H18ClF3N4O4S/c1-28(18(29)25-11-12-4-2-3-5-14(12)21)8-9-31-19(30)27-17-26-15-7-6-13(10-16(15)33-17)32-20(22,23)24/h2-7,10H,8-9,11H2,1H3,(H,25,29)(H,26,27,30). The summed E-state index contributed by atoms with van der Waals surface area (Å²) in [5, 5.41) is 5.80. The Morgan fingerprint density at radius 2 is 1.97 bits per heavy atom. The molecule has 0 aliphatic rings. The van der Waals surface area contributed by atoms with Gasteiger partial charge in [0.05, 0.1) is 16.8 Å². The second kappa shape index (κ2) is 10.6. The van der Waals surface area contributed by atoms with Gasteiger partial charge < -0.3 is 19.7 Å². The van der Waals surface area contributed by atoms with Crippen molar-refractivity contribution in [3.8, 4) is 5.75 Å². The highest BCUT2D eigenvalue weighted by molar-refractivity contribution is 7.22. The van der Waals surface area contributed by atoms with Crippen LogP contribution < -0.4 is 15.4 Å². The lowest BCUT2D eigenvalue weighted by atomic mass is 10.2. The van der Waals surface area contributed by atoms with Gasteiger partial charge in [0, 0.05) is 24.7 Å². The first-order chi connectivity index (χ1) is 15.6. The van der Waals surface area contributed by atoms with Gasteiger partial charge in [0.1, 0.15) is 12.4 Å². The first-order valence-electron chi connectivity index (χ1n) is 9.43. The van der Waals surface area contributed by atoms with Gasteiger partial charge in [0.15, 0.2) is 5.13 Å². The molecule has 8 nitrogen and oxygen atoms in total. The molecule has 0 fully saturated rings. The fraction of sp³-hybridized carbons (Fsp3) is 0.250. The number of hydrogen-bond donors (Lipinski definition) is 2. The molecule has 0 aliphatic heterocycles. The minimum absolute atomic E-state index is 0.0870. The summed E-state index contributed by atoms with van der Waals surface area (Å²) in [4.78, 5) is 29.5. The van der Waals surface area contributed by atoms with E-state index in [1.54, 1.807) is 18.2 Å². The van der Waals surface area contributed by atoms with Crippen molar-refractivity contribution in [3.63, 3.8) is 0 Å². The molecule has 2 N–H and O–H groups in total. The monoisotopic (exact) mass is 502 g/mol. The summed E-state index contributed by atoms with van der Waals surface area (Å²) in [7, 11) is 1.54. The molecule has 13 heteroatoms. The third-order valence-electron chi connectivity index (χ3n) is 4.20. The average molecular weight is 503 g/mol. The van der Waals surface area contributed by atoms with E-state index in [2.05, 4.69) is 20.4 Å². The van der Waals surface area contributed by atoms with E-state index in [9.17, 15) is 22.8 Å². The van der Waals surface area contributed by atoms with E-state index in [1.165, 1.54) is 24.1 Å². The molecule has 2 aromatic carbocycles. The lowest BCUT2D eigenvalue weighted by Crippen LogP contribution is -2.39. The normalized spacial score (nSPS) is 11.2. The molecule has 0 radical (unpaired) electrons. The number of halogens is 4. The van der Waals surface area contributed by atoms with E-state index in [0.29, 0.717) is 15.2 Å². The van der Waals surface area contributed by atoms with E-state index in [4.69, 9.17) is 16.3 Å². The Bertz CT molecular complexity index is 1140. The first kappa shape index (κ1) is 24.4. The van der Waals surface area contributed by atoms with Gasteiger partial charge in [-0.3, -0.25) is 5.32 Å². The van der Waals surface area contributed by atoms with Crippen molar-refractivity contribution in [2.45, 2.75) is 12.9 Å². The minimum atomic E-state index is -4.80. The number of nitrogens with one attached hydrogen (secondary N) is 2. The summed E-state index contributed by atoms with van der Waals surface area (Å²) in [5.74, 6) is -0.386. The summed E-state index contributed by atoms with van der Waals surface area (Å²) < 4.78 is 46.3. The smallest absolute Gasteiger partial charge is 0.447 e. The number of carbonyl (C=O) groups excluding carboxylic acids is 2. The quantitative estimate of drug-likeness (QED) is 0.461. The number of carbonyl (C=O) groups is 2. The number of ether oxygens (including phenoxy) is 2. The Morgan fingerprint density at radius 1 is 1.21 bits per heavy atom. The predicted molar refractivity (Wildman–Crippen MR) is 118 cm³/mol. The van der Waals surface area contributed by atoms with Crippen molar-refractivity contribution in [1.29, 1.82) is 0 Å². The number of alkyl halides is 3. The number of aromatic nitrogens is 1. The third-order valence-corrected chi connectivity index (χ3v) is 5.50. The zero-order valence-electron chi connectivity index (χ0n) is 17.1. The molecular weight excluding hydrogens is 485 g/mol.